The second-order valence-corrected chi connectivity index (χ2v) is 14.9. The summed E-state index contributed by atoms with van der Waals surface area (Å²) in [7, 11) is 0. The summed E-state index contributed by atoms with van der Waals surface area (Å²) in [4.78, 5) is 2.35. The van der Waals surface area contributed by atoms with Crippen molar-refractivity contribution in [3.8, 4) is 22.3 Å². The molecule has 56 heavy (non-hydrogen) atoms. The van der Waals surface area contributed by atoms with E-state index >= 15 is 0 Å². The van der Waals surface area contributed by atoms with Crippen LogP contribution in [0.1, 0.15) is 29.2 Å². The van der Waals surface area contributed by atoms with Crippen LogP contribution in [0.3, 0.4) is 0 Å². The lowest BCUT2D eigenvalue weighted by Gasteiger charge is -2.30. The Labute approximate surface area is 326 Å². The summed E-state index contributed by atoms with van der Waals surface area (Å²) in [5, 5.41) is 4.68. The summed E-state index contributed by atoms with van der Waals surface area (Å²) in [5.41, 5.74) is 16.9. The van der Waals surface area contributed by atoms with Crippen molar-refractivity contribution in [1.29, 1.82) is 0 Å². The van der Waals surface area contributed by atoms with Gasteiger partial charge in [-0.2, -0.15) is 0 Å². The molecule has 0 saturated heterocycles. The smallest absolute Gasteiger partial charge is 0.135 e. The van der Waals surface area contributed by atoms with Crippen LogP contribution in [0.15, 0.2) is 216 Å². The van der Waals surface area contributed by atoms with E-state index in [0.717, 1.165) is 44.6 Å². The van der Waals surface area contributed by atoms with Crippen LogP contribution in [0.2, 0.25) is 0 Å². The average Bonchev–Trinajstić information content (AvgIpc) is 3.87. The largest absolute Gasteiger partial charge is 0.456 e. The minimum absolute atomic E-state index is 0.486. The number of allylic oxidation sites excluding steroid dienone is 5. The van der Waals surface area contributed by atoms with Crippen LogP contribution >= 0.6 is 0 Å². The Morgan fingerprint density at radius 2 is 1.14 bits per heavy atom. The molecule has 2 nitrogen and oxygen atoms in total. The minimum atomic E-state index is -0.486. The summed E-state index contributed by atoms with van der Waals surface area (Å²) in [6.07, 6.45) is 4.60. The SMILES string of the molecule is C=C1/C(=C\C=C(/C)N(c2ccc(-c3ccccc3)cc2)c2ccc3oc4ccccc4c3c2)c2c(ccc3ccccc23)C12c1ccccc1-c1ccccc12. The van der Waals surface area contributed by atoms with Crippen LogP contribution in [-0.2, 0) is 5.41 Å². The molecular formula is C54H37NO. The highest BCUT2D eigenvalue weighted by Gasteiger charge is 2.52. The first-order chi connectivity index (χ1) is 27.6. The molecule has 0 unspecified atom stereocenters. The molecule has 0 saturated carbocycles. The lowest BCUT2D eigenvalue weighted by atomic mass is 9.71. The van der Waals surface area contributed by atoms with Gasteiger partial charge in [-0.3, -0.25) is 0 Å². The van der Waals surface area contributed by atoms with Gasteiger partial charge >= 0.3 is 0 Å². The van der Waals surface area contributed by atoms with Gasteiger partial charge in [-0.25, -0.2) is 0 Å². The standard InChI is InChI=1S/C54H37NO/c1-35(55(40-28-25-38(26-29-40)37-14-4-3-5-15-37)41-30-33-52-47(34-41)46-20-10-13-23-51(46)56-52)24-31-42-36(2)54(50-32-27-39-16-6-7-17-43(39)53(42)50)48-21-11-8-18-44(48)45-19-9-12-22-49(45)54/h3-34H,2H2,1H3/b35-24+,42-31+. The van der Waals surface area contributed by atoms with E-state index in [4.69, 9.17) is 11.0 Å². The van der Waals surface area contributed by atoms with Crippen molar-refractivity contribution < 1.29 is 4.42 Å². The third-order valence-corrected chi connectivity index (χ3v) is 12.0. The number of anilines is 2. The molecule has 0 N–H and O–H groups in total. The molecule has 8 aromatic carbocycles. The van der Waals surface area contributed by atoms with Crippen LogP contribution in [0, 0.1) is 0 Å². The second kappa shape index (κ2) is 12.4. The molecule has 1 heterocycles. The Morgan fingerprint density at radius 3 is 1.91 bits per heavy atom. The normalized spacial score (nSPS) is 14.8. The number of hydrogen-bond donors (Lipinski definition) is 0. The Morgan fingerprint density at radius 1 is 0.536 bits per heavy atom. The van der Waals surface area contributed by atoms with Gasteiger partial charge in [-0.05, 0) is 116 Å². The molecule has 0 bridgehead atoms. The molecule has 9 aromatic rings. The van der Waals surface area contributed by atoms with Gasteiger partial charge in [0.15, 0.2) is 0 Å². The molecule has 2 aliphatic rings. The van der Waals surface area contributed by atoms with Gasteiger partial charge in [-0.15, -0.1) is 0 Å². The van der Waals surface area contributed by atoms with Gasteiger partial charge < -0.3 is 9.32 Å². The average molecular weight is 716 g/mol. The number of furan rings is 1. The van der Waals surface area contributed by atoms with Crippen molar-refractivity contribution in [2.75, 3.05) is 4.90 Å². The molecule has 264 valence electrons. The molecule has 11 rings (SSSR count). The van der Waals surface area contributed by atoms with E-state index in [1.165, 1.54) is 60.9 Å². The lowest BCUT2D eigenvalue weighted by molar-refractivity contribution is 0.669. The van der Waals surface area contributed by atoms with Gasteiger partial charge in [0, 0.05) is 27.8 Å². The zero-order chi connectivity index (χ0) is 37.4. The van der Waals surface area contributed by atoms with E-state index < -0.39 is 5.41 Å². The Hall–Kier alpha value is -7.16. The van der Waals surface area contributed by atoms with Gasteiger partial charge in [0.1, 0.15) is 11.2 Å². The Kier molecular flexibility index (Phi) is 7.17. The summed E-state index contributed by atoms with van der Waals surface area (Å²) in [6, 6.07) is 65.4. The highest BCUT2D eigenvalue weighted by Crippen LogP contribution is 2.64. The van der Waals surface area contributed by atoms with Crippen LogP contribution in [0.4, 0.5) is 11.4 Å². The maximum atomic E-state index is 6.26. The van der Waals surface area contributed by atoms with Crippen LogP contribution in [-0.4, -0.2) is 0 Å². The lowest BCUT2D eigenvalue weighted by Crippen LogP contribution is -2.25. The molecule has 2 heteroatoms. The zero-order valence-electron chi connectivity index (χ0n) is 31.0. The molecule has 2 aliphatic carbocycles. The number of para-hydroxylation sites is 1. The van der Waals surface area contributed by atoms with Crippen molar-refractivity contribution in [3.63, 3.8) is 0 Å². The number of nitrogens with zero attached hydrogens (tertiary/aromatic N) is 1. The van der Waals surface area contributed by atoms with Crippen molar-refractivity contribution in [1.82, 2.24) is 0 Å². The molecular weight excluding hydrogens is 679 g/mol. The number of rotatable bonds is 5. The van der Waals surface area contributed by atoms with Crippen LogP contribution in [0.5, 0.6) is 0 Å². The Bertz CT molecular complexity index is 3060. The fraction of sp³-hybridized carbons (Fsp3) is 0.0370. The maximum absolute atomic E-state index is 6.26. The molecule has 1 aromatic heterocycles. The predicted molar refractivity (Wildman–Crippen MR) is 234 cm³/mol. The third kappa shape index (κ3) is 4.63. The van der Waals surface area contributed by atoms with Crippen molar-refractivity contribution in [2.45, 2.75) is 12.3 Å². The van der Waals surface area contributed by atoms with Gasteiger partial charge in [0.25, 0.3) is 0 Å². The van der Waals surface area contributed by atoms with E-state index in [2.05, 4.69) is 194 Å². The van der Waals surface area contributed by atoms with Crippen LogP contribution < -0.4 is 4.90 Å². The first-order valence-corrected chi connectivity index (χ1v) is 19.3. The fourth-order valence-corrected chi connectivity index (χ4v) is 9.55. The predicted octanol–water partition coefficient (Wildman–Crippen LogP) is 14.4. The summed E-state index contributed by atoms with van der Waals surface area (Å²) in [6.45, 7) is 7.21. The van der Waals surface area contributed by atoms with Gasteiger partial charge in [0.05, 0.1) is 5.41 Å². The quantitative estimate of drug-likeness (QED) is 0.176. The molecule has 0 amide bonds. The number of benzene rings is 8. The molecule has 0 atom stereocenters. The molecule has 0 fully saturated rings. The Balaban J connectivity index is 1.11. The van der Waals surface area contributed by atoms with E-state index in [1.807, 2.05) is 12.1 Å². The third-order valence-electron chi connectivity index (χ3n) is 12.0. The first kappa shape index (κ1) is 32.3. The monoisotopic (exact) mass is 715 g/mol. The van der Waals surface area contributed by atoms with Crippen molar-refractivity contribution in [2.24, 2.45) is 0 Å². The fourth-order valence-electron chi connectivity index (χ4n) is 9.55. The summed E-state index contributed by atoms with van der Waals surface area (Å²) in [5.74, 6) is 0. The van der Waals surface area contributed by atoms with Crippen LogP contribution in [0.25, 0.3) is 60.5 Å². The number of hydrogen-bond acceptors (Lipinski definition) is 2. The van der Waals surface area contributed by atoms with E-state index in [9.17, 15) is 0 Å². The summed E-state index contributed by atoms with van der Waals surface area (Å²) < 4.78 is 6.26. The topological polar surface area (TPSA) is 16.4 Å². The molecule has 0 radical (unpaired) electrons. The summed E-state index contributed by atoms with van der Waals surface area (Å²) >= 11 is 0. The van der Waals surface area contributed by atoms with E-state index in [0.29, 0.717) is 0 Å². The zero-order valence-corrected chi connectivity index (χ0v) is 31.0. The second-order valence-electron chi connectivity index (χ2n) is 14.9. The minimum Gasteiger partial charge on any atom is -0.456 e. The molecule has 0 aliphatic heterocycles. The van der Waals surface area contributed by atoms with Crippen molar-refractivity contribution >= 4 is 49.7 Å². The molecule has 1 spiro atoms. The van der Waals surface area contributed by atoms with E-state index in [-0.39, 0.29) is 0 Å². The van der Waals surface area contributed by atoms with Gasteiger partial charge in [-0.1, -0.05) is 158 Å². The highest BCUT2D eigenvalue weighted by atomic mass is 16.3. The highest BCUT2D eigenvalue weighted by molar-refractivity contribution is 6.09. The maximum Gasteiger partial charge on any atom is 0.135 e. The van der Waals surface area contributed by atoms with E-state index in [1.54, 1.807) is 0 Å². The number of fused-ring (bicyclic) bond motifs is 12. The first-order valence-electron chi connectivity index (χ1n) is 19.3. The van der Waals surface area contributed by atoms with Crippen molar-refractivity contribution in [3.05, 3.63) is 234 Å². The van der Waals surface area contributed by atoms with Gasteiger partial charge in [0.2, 0.25) is 0 Å².